The Morgan fingerprint density at radius 3 is 1.85 bits per heavy atom. The second kappa shape index (κ2) is 16.7. The monoisotopic (exact) mass is 701 g/mol. The third kappa shape index (κ3) is 13.7. The summed E-state index contributed by atoms with van der Waals surface area (Å²) in [4.78, 5) is 35.7. The van der Waals surface area contributed by atoms with Crippen LogP contribution >= 0.6 is 11.3 Å². The van der Waals surface area contributed by atoms with Gasteiger partial charge in [-0.3, -0.25) is 9.88 Å². The van der Waals surface area contributed by atoms with E-state index in [2.05, 4.69) is 38.1 Å². The molecule has 2 saturated heterocycles. The Kier molecular flexibility index (Phi) is 14.6. The van der Waals surface area contributed by atoms with E-state index in [0.717, 1.165) is 41.9 Å². The van der Waals surface area contributed by atoms with Gasteiger partial charge in [-0.2, -0.15) is 39.5 Å². The van der Waals surface area contributed by atoms with Crippen molar-refractivity contribution in [1.29, 1.82) is 0 Å². The highest BCUT2D eigenvalue weighted by atomic mass is 32.1. The first kappa shape index (κ1) is 40.2. The van der Waals surface area contributed by atoms with Crippen molar-refractivity contribution in [3.63, 3.8) is 0 Å². The minimum atomic E-state index is -5.08. The third-order valence-corrected chi connectivity index (χ3v) is 7.08. The van der Waals surface area contributed by atoms with E-state index in [-0.39, 0.29) is 5.54 Å². The molecule has 4 heterocycles. The highest BCUT2D eigenvalue weighted by Gasteiger charge is 2.50. The van der Waals surface area contributed by atoms with E-state index in [9.17, 15) is 39.5 Å². The largest absolute Gasteiger partial charge is 0.490 e. The number of alkyl halides is 9. The predicted molar refractivity (Wildman–Crippen MR) is 140 cm³/mol. The molecular formula is C24H28F9N5O7S. The number of aromatic nitrogens is 3. The molecule has 2 aliphatic heterocycles. The maximum Gasteiger partial charge on any atom is 0.490 e. The molecular weight excluding hydrogens is 673 g/mol. The second-order valence-corrected chi connectivity index (χ2v) is 10.9. The lowest BCUT2D eigenvalue weighted by Crippen LogP contribution is -2.72. The molecule has 0 bridgehead atoms. The molecule has 1 unspecified atom stereocenters. The SMILES string of the molecule is Cc1nnc(N2CC3(CC(COCc4cccnc4)CCN3C)C2)s1.O=C(O)C(F)(F)F.O=C(O)C(F)(F)F.O=C(O)C(F)(F)F. The number of aryl methyl sites for hydroxylation is 1. The molecule has 46 heavy (non-hydrogen) atoms. The van der Waals surface area contributed by atoms with Crippen LogP contribution in [0.5, 0.6) is 0 Å². The zero-order chi connectivity index (χ0) is 35.5. The van der Waals surface area contributed by atoms with Gasteiger partial charge in [0.1, 0.15) is 5.01 Å². The maximum absolute atomic E-state index is 10.6. The van der Waals surface area contributed by atoms with Crippen LogP contribution in [-0.4, -0.2) is 111 Å². The molecule has 0 saturated carbocycles. The number of carboxylic acid groups (broad SMARTS) is 3. The molecule has 2 fully saturated rings. The molecule has 4 rings (SSSR count). The number of pyridine rings is 1. The van der Waals surface area contributed by atoms with Gasteiger partial charge in [0.15, 0.2) is 0 Å². The molecule has 2 aliphatic rings. The lowest BCUT2D eigenvalue weighted by atomic mass is 9.75. The van der Waals surface area contributed by atoms with Crippen LogP contribution in [0.4, 0.5) is 44.6 Å². The summed E-state index contributed by atoms with van der Waals surface area (Å²) in [5, 5.41) is 31.9. The van der Waals surface area contributed by atoms with E-state index >= 15 is 0 Å². The summed E-state index contributed by atoms with van der Waals surface area (Å²) >= 11 is 1.69. The molecule has 1 spiro atoms. The lowest BCUT2D eigenvalue weighted by molar-refractivity contribution is -0.193. The Balaban J connectivity index is 0.000000413. The van der Waals surface area contributed by atoms with Gasteiger partial charge in [0.2, 0.25) is 5.13 Å². The fraction of sp³-hybridized carbons (Fsp3) is 0.583. The number of halogens is 9. The topological polar surface area (TPSA) is 166 Å². The average molecular weight is 702 g/mol. The first-order valence-corrected chi connectivity index (χ1v) is 13.4. The normalized spacial score (nSPS) is 17.6. The molecule has 1 atom stereocenters. The van der Waals surface area contributed by atoms with Crippen LogP contribution < -0.4 is 4.90 Å². The van der Waals surface area contributed by atoms with E-state index in [4.69, 9.17) is 34.4 Å². The fourth-order valence-electron chi connectivity index (χ4n) is 3.96. The number of hydrogen-bond acceptors (Lipinski definition) is 10. The molecule has 12 nitrogen and oxygen atoms in total. The molecule has 0 amide bonds. The van der Waals surface area contributed by atoms with Crippen LogP contribution in [0.25, 0.3) is 0 Å². The molecule has 22 heteroatoms. The average Bonchev–Trinajstić information content (AvgIpc) is 3.34. The first-order chi connectivity index (χ1) is 21.0. The zero-order valence-corrected chi connectivity index (χ0v) is 24.7. The van der Waals surface area contributed by atoms with Gasteiger partial charge in [-0.15, -0.1) is 10.2 Å². The highest BCUT2D eigenvalue weighted by molar-refractivity contribution is 7.15. The van der Waals surface area contributed by atoms with Crippen molar-refractivity contribution in [2.75, 3.05) is 38.2 Å². The summed E-state index contributed by atoms with van der Waals surface area (Å²) < 4.78 is 101. The molecule has 260 valence electrons. The Hall–Kier alpha value is -3.79. The maximum atomic E-state index is 10.6. The molecule has 2 aromatic rings. The van der Waals surface area contributed by atoms with Crippen LogP contribution in [0, 0.1) is 12.8 Å². The minimum absolute atomic E-state index is 0.278. The van der Waals surface area contributed by atoms with Crippen LogP contribution in [0.1, 0.15) is 23.4 Å². The van der Waals surface area contributed by atoms with Crippen molar-refractivity contribution in [3.05, 3.63) is 35.1 Å². The Morgan fingerprint density at radius 2 is 1.46 bits per heavy atom. The number of ether oxygens (including phenoxy) is 1. The van der Waals surface area contributed by atoms with E-state index < -0.39 is 36.4 Å². The molecule has 0 aromatic carbocycles. The highest BCUT2D eigenvalue weighted by Crippen LogP contribution is 2.41. The standard InChI is InChI=1S/C18H25N5OS.3C2HF3O2/c1-14-20-21-17(25-14)23-12-18(13-23)8-15(5-7-22(18)2)10-24-11-16-4-3-6-19-9-16;3*3-2(4,5)1(6)7/h3-4,6,9,15H,5,7-8,10-13H2,1-2H3;3*(H,6,7). The zero-order valence-electron chi connectivity index (χ0n) is 23.9. The summed E-state index contributed by atoms with van der Waals surface area (Å²) in [6.07, 6.45) is -9.16. The summed E-state index contributed by atoms with van der Waals surface area (Å²) in [6, 6.07) is 4.03. The number of carboxylic acids is 3. The molecule has 0 radical (unpaired) electrons. The van der Waals surface area contributed by atoms with E-state index in [1.165, 1.54) is 12.8 Å². The summed E-state index contributed by atoms with van der Waals surface area (Å²) in [6.45, 7) is 6.75. The van der Waals surface area contributed by atoms with E-state index in [1.54, 1.807) is 17.5 Å². The van der Waals surface area contributed by atoms with Gasteiger partial charge in [-0.1, -0.05) is 17.4 Å². The Labute approximate surface area is 258 Å². The van der Waals surface area contributed by atoms with Crippen molar-refractivity contribution < 1.29 is 74.0 Å². The van der Waals surface area contributed by atoms with Crippen molar-refractivity contribution in [2.24, 2.45) is 5.92 Å². The van der Waals surface area contributed by atoms with Crippen LogP contribution in [0.2, 0.25) is 0 Å². The lowest BCUT2D eigenvalue weighted by Gasteiger charge is -2.58. The molecule has 0 aliphatic carbocycles. The first-order valence-electron chi connectivity index (χ1n) is 12.6. The number of piperidine rings is 1. The Bertz CT molecular complexity index is 1210. The number of carbonyl (C=O) groups is 3. The number of aliphatic carboxylic acids is 3. The van der Waals surface area contributed by atoms with Gasteiger partial charge in [0.05, 0.1) is 12.1 Å². The summed E-state index contributed by atoms with van der Waals surface area (Å²) in [5.41, 5.74) is 1.42. The molecule has 2 aromatic heterocycles. The number of likely N-dealkylation sites (N-methyl/N-ethyl adjacent to an activating group) is 1. The number of likely N-dealkylation sites (tertiary alicyclic amines) is 1. The van der Waals surface area contributed by atoms with Crippen LogP contribution in [0.15, 0.2) is 24.5 Å². The van der Waals surface area contributed by atoms with Gasteiger partial charge in [0, 0.05) is 32.1 Å². The van der Waals surface area contributed by atoms with Crippen molar-refractivity contribution >= 4 is 34.4 Å². The number of rotatable bonds is 5. The van der Waals surface area contributed by atoms with Crippen molar-refractivity contribution in [2.45, 2.75) is 50.4 Å². The Morgan fingerprint density at radius 1 is 0.957 bits per heavy atom. The summed E-state index contributed by atoms with van der Waals surface area (Å²) in [7, 11) is 2.26. The van der Waals surface area contributed by atoms with Crippen molar-refractivity contribution in [3.8, 4) is 0 Å². The summed E-state index contributed by atoms with van der Waals surface area (Å²) in [5.74, 6) is -7.64. The van der Waals surface area contributed by atoms with Crippen LogP contribution in [-0.2, 0) is 25.7 Å². The predicted octanol–water partition coefficient (Wildman–Crippen LogP) is 4.26. The van der Waals surface area contributed by atoms with Gasteiger partial charge in [-0.25, -0.2) is 14.4 Å². The van der Waals surface area contributed by atoms with Gasteiger partial charge < -0.3 is 25.0 Å². The van der Waals surface area contributed by atoms with Gasteiger partial charge in [0.25, 0.3) is 0 Å². The minimum Gasteiger partial charge on any atom is -0.475 e. The smallest absolute Gasteiger partial charge is 0.475 e. The van der Waals surface area contributed by atoms with Crippen LogP contribution in [0.3, 0.4) is 0 Å². The number of anilines is 1. The van der Waals surface area contributed by atoms with Gasteiger partial charge >= 0.3 is 36.4 Å². The van der Waals surface area contributed by atoms with Crippen molar-refractivity contribution in [1.82, 2.24) is 20.1 Å². The third-order valence-electron chi connectivity index (χ3n) is 6.18. The number of nitrogens with zero attached hydrogens (tertiary/aromatic N) is 5. The van der Waals surface area contributed by atoms with Gasteiger partial charge in [-0.05, 0) is 50.9 Å². The van der Waals surface area contributed by atoms with E-state index in [0.29, 0.717) is 12.5 Å². The molecule has 3 N–H and O–H groups in total. The number of hydrogen-bond donors (Lipinski definition) is 3. The second-order valence-electron chi connectivity index (χ2n) is 9.75. The fourth-order valence-corrected chi connectivity index (χ4v) is 4.65. The quantitative estimate of drug-likeness (QED) is 0.380. The van der Waals surface area contributed by atoms with E-state index in [1.807, 2.05) is 19.2 Å².